The molecule has 8 heteroatoms. The summed E-state index contributed by atoms with van der Waals surface area (Å²) >= 11 is 1.19. The predicted molar refractivity (Wildman–Crippen MR) is 106 cm³/mol. The number of carboxylic acid groups (broad SMARTS) is 1. The normalized spacial score (nSPS) is 12.9. The molecular weight excluding hydrogens is 376 g/mol. The van der Waals surface area contributed by atoms with Gasteiger partial charge in [-0.15, -0.1) is 11.3 Å². The van der Waals surface area contributed by atoms with Crippen molar-refractivity contribution in [2.75, 3.05) is 6.54 Å². The Morgan fingerprint density at radius 3 is 2.43 bits per heavy atom. The average Bonchev–Trinajstić information content (AvgIpc) is 3.12. The Kier molecular flexibility index (Phi) is 5.79. The first-order valence-corrected chi connectivity index (χ1v) is 9.61. The minimum absolute atomic E-state index is 0.0177. The molecule has 1 unspecified atom stereocenters. The number of carbonyl (C=O) groups is 2. The number of nitrogens with zero attached hydrogens (tertiary/aromatic N) is 3. The number of hydrogen-bond donors (Lipinski definition) is 2. The predicted octanol–water partition coefficient (Wildman–Crippen LogP) is 3.07. The molecule has 7 nitrogen and oxygen atoms in total. The third-order valence-corrected chi connectivity index (χ3v) is 5.80. The highest BCUT2D eigenvalue weighted by Gasteiger charge is 2.39. The van der Waals surface area contributed by atoms with E-state index in [2.05, 4.69) is 20.3 Å². The SMILES string of the molecule is CCC(CNC(=O)c1sc(-c2ncccn2)nc1C)(C(=O)O)c1ccccc1. The number of aromatic nitrogens is 3. The van der Waals surface area contributed by atoms with Gasteiger partial charge in [0.2, 0.25) is 0 Å². The standard InChI is InChI=1S/C20H20N4O3S/c1-3-20(19(26)27,14-8-5-4-6-9-14)12-23-17(25)15-13(2)24-18(28-15)16-21-10-7-11-22-16/h4-11H,3,12H2,1-2H3,(H,23,25)(H,26,27). The van der Waals surface area contributed by atoms with Crippen molar-refractivity contribution in [1.82, 2.24) is 20.3 Å². The molecule has 0 aliphatic rings. The fourth-order valence-electron chi connectivity index (χ4n) is 2.96. The highest BCUT2D eigenvalue weighted by Crippen LogP contribution is 2.29. The Labute approximate surface area is 166 Å². The van der Waals surface area contributed by atoms with Crippen LogP contribution in [-0.4, -0.2) is 38.5 Å². The van der Waals surface area contributed by atoms with Gasteiger partial charge in [0, 0.05) is 18.9 Å². The Hall–Kier alpha value is -3.13. The van der Waals surface area contributed by atoms with Crippen LogP contribution >= 0.6 is 11.3 Å². The quantitative estimate of drug-likeness (QED) is 0.636. The second-order valence-corrected chi connectivity index (χ2v) is 7.29. The Balaban J connectivity index is 1.83. The van der Waals surface area contributed by atoms with Gasteiger partial charge in [0.15, 0.2) is 10.8 Å². The van der Waals surface area contributed by atoms with Crippen molar-refractivity contribution >= 4 is 23.2 Å². The monoisotopic (exact) mass is 396 g/mol. The zero-order valence-electron chi connectivity index (χ0n) is 15.5. The summed E-state index contributed by atoms with van der Waals surface area (Å²) < 4.78 is 0. The van der Waals surface area contributed by atoms with E-state index in [1.54, 1.807) is 56.6 Å². The van der Waals surface area contributed by atoms with Gasteiger partial charge in [-0.05, 0) is 25.0 Å². The van der Waals surface area contributed by atoms with Crippen LogP contribution in [0.3, 0.4) is 0 Å². The van der Waals surface area contributed by atoms with Crippen molar-refractivity contribution in [2.45, 2.75) is 25.7 Å². The van der Waals surface area contributed by atoms with Gasteiger partial charge >= 0.3 is 5.97 Å². The van der Waals surface area contributed by atoms with Gasteiger partial charge in [-0.2, -0.15) is 0 Å². The highest BCUT2D eigenvalue weighted by molar-refractivity contribution is 7.17. The van der Waals surface area contributed by atoms with Crippen molar-refractivity contribution in [3.05, 3.63) is 64.9 Å². The number of amides is 1. The van der Waals surface area contributed by atoms with E-state index in [4.69, 9.17) is 0 Å². The largest absolute Gasteiger partial charge is 0.481 e. The molecule has 28 heavy (non-hydrogen) atoms. The molecule has 0 saturated heterocycles. The summed E-state index contributed by atoms with van der Waals surface area (Å²) in [5.41, 5.74) is 0.0211. The number of benzene rings is 1. The third kappa shape index (κ3) is 3.77. The van der Waals surface area contributed by atoms with Crippen molar-refractivity contribution in [3.8, 4) is 10.8 Å². The summed E-state index contributed by atoms with van der Waals surface area (Å²) in [4.78, 5) is 37.9. The second-order valence-electron chi connectivity index (χ2n) is 6.30. The second kappa shape index (κ2) is 8.26. The van der Waals surface area contributed by atoms with Crippen LogP contribution in [0.4, 0.5) is 0 Å². The van der Waals surface area contributed by atoms with Crippen LogP contribution in [0.5, 0.6) is 0 Å². The van der Waals surface area contributed by atoms with E-state index < -0.39 is 11.4 Å². The molecule has 3 aromatic rings. The number of aliphatic carboxylic acids is 1. The van der Waals surface area contributed by atoms with Crippen molar-refractivity contribution in [1.29, 1.82) is 0 Å². The van der Waals surface area contributed by atoms with E-state index in [0.29, 0.717) is 33.4 Å². The molecule has 1 aromatic carbocycles. The molecular formula is C20H20N4O3S. The van der Waals surface area contributed by atoms with E-state index in [9.17, 15) is 14.7 Å². The molecule has 2 aromatic heterocycles. The van der Waals surface area contributed by atoms with Gasteiger partial charge in [-0.25, -0.2) is 15.0 Å². The van der Waals surface area contributed by atoms with Crippen LogP contribution in [0.1, 0.15) is 34.3 Å². The highest BCUT2D eigenvalue weighted by atomic mass is 32.1. The molecule has 2 heterocycles. The lowest BCUT2D eigenvalue weighted by Gasteiger charge is -2.29. The first kappa shape index (κ1) is 19.6. The van der Waals surface area contributed by atoms with Crippen molar-refractivity contribution in [2.24, 2.45) is 0 Å². The zero-order chi connectivity index (χ0) is 20.1. The smallest absolute Gasteiger partial charge is 0.315 e. The number of rotatable bonds is 7. The lowest BCUT2D eigenvalue weighted by molar-refractivity contribution is -0.143. The van der Waals surface area contributed by atoms with Crippen LogP contribution in [0.2, 0.25) is 0 Å². The summed E-state index contributed by atoms with van der Waals surface area (Å²) in [6.07, 6.45) is 3.57. The number of carbonyl (C=O) groups excluding carboxylic acids is 1. The summed E-state index contributed by atoms with van der Waals surface area (Å²) in [7, 11) is 0. The Morgan fingerprint density at radius 1 is 1.14 bits per heavy atom. The van der Waals surface area contributed by atoms with Crippen molar-refractivity contribution < 1.29 is 14.7 Å². The van der Waals surface area contributed by atoms with E-state index in [1.165, 1.54) is 11.3 Å². The molecule has 0 fully saturated rings. The molecule has 0 radical (unpaired) electrons. The first-order valence-electron chi connectivity index (χ1n) is 8.80. The molecule has 3 rings (SSSR count). The Bertz CT molecular complexity index is 976. The average molecular weight is 396 g/mol. The number of thiazole rings is 1. The van der Waals surface area contributed by atoms with Gasteiger partial charge < -0.3 is 10.4 Å². The molecule has 0 spiro atoms. The van der Waals surface area contributed by atoms with Gasteiger partial charge in [0.05, 0.1) is 5.69 Å². The lowest BCUT2D eigenvalue weighted by Crippen LogP contribution is -2.46. The van der Waals surface area contributed by atoms with Crippen LogP contribution in [-0.2, 0) is 10.2 Å². The molecule has 1 atom stereocenters. The van der Waals surface area contributed by atoms with Crippen molar-refractivity contribution in [3.63, 3.8) is 0 Å². The molecule has 2 N–H and O–H groups in total. The molecule has 0 aliphatic heterocycles. The van der Waals surface area contributed by atoms with Crippen LogP contribution < -0.4 is 5.32 Å². The van der Waals surface area contributed by atoms with Gasteiger partial charge in [0.1, 0.15) is 10.3 Å². The van der Waals surface area contributed by atoms with Crippen LogP contribution in [0.15, 0.2) is 48.8 Å². The minimum Gasteiger partial charge on any atom is -0.481 e. The summed E-state index contributed by atoms with van der Waals surface area (Å²) in [6.45, 7) is 3.52. The van der Waals surface area contributed by atoms with E-state index >= 15 is 0 Å². The first-order chi connectivity index (χ1) is 13.5. The van der Waals surface area contributed by atoms with E-state index in [1.807, 2.05) is 6.07 Å². The minimum atomic E-state index is -1.19. The number of carboxylic acids is 1. The summed E-state index contributed by atoms with van der Waals surface area (Å²) in [6, 6.07) is 10.7. The van der Waals surface area contributed by atoms with Crippen LogP contribution in [0.25, 0.3) is 10.8 Å². The number of aryl methyl sites for hydroxylation is 1. The topological polar surface area (TPSA) is 105 Å². The van der Waals surface area contributed by atoms with E-state index in [0.717, 1.165) is 0 Å². The maximum absolute atomic E-state index is 12.8. The number of hydrogen-bond acceptors (Lipinski definition) is 6. The fourth-order valence-corrected chi connectivity index (χ4v) is 3.89. The molecule has 1 amide bonds. The lowest BCUT2D eigenvalue weighted by atomic mass is 9.78. The third-order valence-electron chi connectivity index (χ3n) is 4.65. The van der Waals surface area contributed by atoms with Gasteiger partial charge in [-0.1, -0.05) is 37.3 Å². The fraction of sp³-hybridized carbons (Fsp3) is 0.250. The van der Waals surface area contributed by atoms with Crippen LogP contribution in [0, 0.1) is 6.92 Å². The molecule has 0 saturated carbocycles. The maximum Gasteiger partial charge on any atom is 0.315 e. The maximum atomic E-state index is 12.8. The van der Waals surface area contributed by atoms with Gasteiger partial charge in [0.25, 0.3) is 5.91 Å². The molecule has 0 bridgehead atoms. The zero-order valence-corrected chi connectivity index (χ0v) is 16.4. The summed E-state index contributed by atoms with van der Waals surface area (Å²) in [5, 5.41) is 13.2. The molecule has 0 aliphatic carbocycles. The van der Waals surface area contributed by atoms with Gasteiger partial charge in [-0.3, -0.25) is 9.59 Å². The Morgan fingerprint density at radius 2 is 1.82 bits per heavy atom. The molecule has 144 valence electrons. The number of nitrogens with one attached hydrogen (secondary N) is 1. The van der Waals surface area contributed by atoms with E-state index in [-0.39, 0.29) is 12.5 Å². The summed E-state index contributed by atoms with van der Waals surface area (Å²) in [5.74, 6) is -0.875.